The quantitative estimate of drug-likeness (QED) is 0.658. The van der Waals surface area contributed by atoms with Crippen LogP contribution in [0.15, 0.2) is 48.7 Å². The molecule has 1 aliphatic heterocycles. The minimum atomic E-state index is -0.365. The minimum absolute atomic E-state index is 0.347. The number of benzene rings is 1. The zero-order chi connectivity index (χ0) is 20.8. The van der Waals surface area contributed by atoms with E-state index in [0.29, 0.717) is 34.9 Å². The Morgan fingerprint density at radius 1 is 1.10 bits per heavy atom. The van der Waals surface area contributed by atoms with E-state index in [-0.39, 0.29) is 11.8 Å². The lowest BCUT2D eigenvalue weighted by Gasteiger charge is -2.22. The van der Waals surface area contributed by atoms with Crippen molar-refractivity contribution >= 4 is 28.5 Å². The van der Waals surface area contributed by atoms with E-state index in [0.717, 1.165) is 35.9 Å². The zero-order valence-electron chi connectivity index (χ0n) is 16.8. The maximum absolute atomic E-state index is 13.0. The van der Waals surface area contributed by atoms with Crippen LogP contribution in [0.4, 0.5) is 0 Å². The predicted molar refractivity (Wildman–Crippen MR) is 115 cm³/mol. The van der Waals surface area contributed by atoms with E-state index in [1.165, 1.54) is 5.69 Å². The van der Waals surface area contributed by atoms with E-state index in [2.05, 4.69) is 9.72 Å². The first-order valence-corrected chi connectivity index (χ1v) is 10.2. The smallest absolute Gasteiger partial charge is 0.259 e. The van der Waals surface area contributed by atoms with E-state index >= 15 is 0 Å². The van der Waals surface area contributed by atoms with Crippen molar-refractivity contribution in [1.82, 2.24) is 9.72 Å². The number of imide groups is 1. The molecule has 0 bridgehead atoms. The second-order valence-corrected chi connectivity index (χ2v) is 7.86. The van der Waals surface area contributed by atoms with Crippen LogP contribution in [0.3, 0.4) is 0 Å². The number of carbonyl (C=O) groups is 2. The third-order valence-electron chi connectivity index (χ3n) is 6.23. The Hall–Kier alpha value is -3.38. The van der Waals surface area contributed by atoms with Crippen LogP contribution < -0.4 is 15.8 Å². The van der Waals surface area contributed by atoms with Gasteiger partial charge in [0.05, 0.1) is 23.8 Å². The molecule has 0 fully saturated rings. The molecule has 3 N–H and O–H groups in total. The lowest BCUT2D eigenvalue weighted by molar-refractivity contribution is -0.122. The van der Waals surface area contributed by atoms with Crippen LogP contribution in [0.1, 0.15) is 28.8 Å². The van der Waals surface area contributed by atoms with E-state index in [1.807, 2.05) is 36.5 Å². The van der Waals surface area contributed by atoms with Gasteiger partial charge in [-0.2, -0.15) is 0 Å². The summed E-state index contributed by atoms with van der Waals surface area (Å²) in [5, 5.41) is 2.51. The average Bonchev–Trinajstić information content (AvgIpc) is 3.25. The number of aryl methyl sites for hydroxylation is 1. The summed E-state index contributed by atoms with van der Waals surface area (Å²) in [4.78, 5) is 25.8. The van der Waals surface area contributed by atoms with E-state index in [4.69, 9.17) is 10.5 Å². The molecule has 30 heavy (non-hydrogen) atoms. The SMILES string of the molecule is COc1ccc(C2=C(c3c4c(n5ccccc35)CCC(CN)C4)C(=O)NC2=O)cc1. The van der Waals surface area contributed by atoms with Crippen molar-refractivity contribution in [3.05, 3.63) is 71.0 Å². The van der Waals surface area contributed by atoms with Gasteiger partial charge < -0.3 is 14.9 Å². The van der Waals surface area contributed by atoms with Crippen LogP contribution in [0.25, 0.3) is 16.7 Å². The largest absolute Gasteiger partial charge is 0.497 e. The molecule has 2 amide bonds. The maximum atomic E-state index is 13.0. The van der Waals surface area contributed by atoms with E-state index < -0.39 is 0 Å². The van der Waals surface area contributed by atoms with Gasteiger partial charge in [0.1, 0.15) is 5.75 Å². The first kappa shape index (κ1) is 18.6. The van der Waals surface area contributed by atoms with Crippen LogP contribution in [-0.4, -0.2) is 29.9 Å². The second kappa shape index (κ2) is 7.15. The van der Waals surface area contributed by atoms with Gasteiger partial charge in [0.25, 0.3) is 11.8 Å². The molecule has 0 saturated carbocycles. The number of ether oxygens (including phenoxy) is 1. The Morgan fingerprint density at radius 3 is 2.60 bits per heavy atom. The standard InChI is InChI=1S/C24H23N3O3/c1-30-16-8-6-15(7-9-16)20-22(24(29)26-23(20)28)21-17-12-14(13-25)5-10-18(17)27-11-3-2-4-19(21)27/h2-4,6-9,11,14H,5,10,12-13,25H2,1H3,(H,26,28,29). The molecule has 1 atom stereocenters. The van der Waals surface area contributed by atoms with Crippen LogP contribution in [0, 0.1) is 5.92 Å². The molecular weight excluding hydrogens is 378 g/mol. The van der Waals surface area contributed by atoms with Gasteiger partial charge in [-0.1, -0.05) is 18.2 Å². The highest BCUT2D eigenvalue weighted by atomic mass is 16.5. The zero-order valence-corrected chi connectivity index (χ0v) is 16.8. The number of nitrogens with two attached hydrogens (primary N) is 1. The molecule has 2 aromatic heterocycles. The van der Waals surface area contributed by atoms with Crippen molar-refractivity contribution in [2.45, 2.75) is 19.3 Å². The summed E-state index contributed by atoms with van der Waals surface area (Å²) in [6, 6.07) is 13.2. The Labute approximate surface area is 174 Å². The summed E-state index contributed by atoms with van der Waals surface area (Å²) >= 11 is 0. The third kappa shape index (κ3) is 2.75. The van der Waals surface area contributed by atoms with Gasteiger partial charge >= 0.3 is 0 Å². The van der Waals surface area contributed by atoms with Gasteiger partial charge in [-0.3, -0.25) is 14.9 Å². The van der Waals surface area contributed by atoms with Crippen molar-refractivity contribution in [2.75, 3.05) is 13.7 Å². The van der Waals surface area contributed by atoms with Gasteiger partial charge in [0.15, 0.2) is 0 Å². The Bertz CT molecular complexity index is 1200. The monoisotopic (exact) mass is 401 g/mol. The van der Waals surface area contributed by atoms with E-state index in [1.54, 1.807) is 19.2 Å². The number of pyridine rings is 1. The molecule has 3 heterocycles. The topological polar surface area (TPSA) is 85.8 Å². The van der Waals surface area contributed by atoms with Gasteiger partial charge in [-0.05, 0) is 67.1 Å². The fraction of sp³-hybridized carbons (Fsp3) is 0.250. The molecule has 6 heteroatoms. The molecule has 6 nitrogen and oxygen atoms in total. The summed E-state index contributed by atoms with van der Waals surface area (Å²) in [7, 11) is 1.60. The van der Waals surface area contributed by atoms with Crippen molar-refractivity contribution < 1.29 is 14.3 Å². The number of rotatable bonds is 4. The molecule has 5 rings (SSSR count). The number of carbonyl (C=O) groups excluding carboxylic acids is 2. The number of nitrogens with zero attached hydrogens (tertiary/aromatic N) is 1. The van der Waals surface area contributed by atoms with Crippen LogP contribution in [-0.2, 0) is 22.4 Å². The first-order chi connectivity index (χ1) is 14.6. The van der Waals surface area contributed by atoms with Crippen LogP contribution in [0.5, 0.6) is 5.75 Å². The summed E-state index contributed by atoms with van der Waals surface area (Å²) in [6.07, 6.45) is 4.77. The fourth-order valence-corrected chi connectivity index (χ4v) is 4.76. The molecule has 2 aliphatic rings. The summed E-state index contributed by atoms with van der Waals surface area (Å²) in [5.74, 6) is 0.359. The molecule has 1 unspecified atom stereocenters. The van der Waals surface area contributed by atoms with Crippen molar-refractivity contribution in [2.24, 2.45) is 11.7 Å². The summed E-state index contributed by atoms with van der Waals surface area (Å²) in [6.45, 7) is 0.612. The molecule has 0 saturated heterocycles. The number of methoxy groups -OCH3 is 1. The minimum Gasteiger partial charge on any atom is -0.497 e. The van der Waals surface area contributed by atoms with Crippen molar-refractivity contribution in [1.29, 1.82) is 0 Å². The number of hydrogen-bond acceptors (Lipinski definition) is 4. The molecule has 1 aromatic carbocycles. The van der Waals surface area contributed by atoms with Crippen LogP contribution in [0.2, 0.25) is 0 Å². The molecular formula is C24H23N3O3. The summed E-state index contributed by atoms with van der Waals surface area (Å²) in [5.41, 5.74) is 11.7. The number of fused-ring (bicyclic) bond motifs is 3. The van der Waals surface area contributed by atoms with Gasteiger partial charge in [-0.25, -0.2) is 0 Å². The highest BCUT2D eigenvalue weighted by molar-refractivity contribution is 6.50. The molecule has 152 valence electrons. The Balaban J connectivity index is 1.80. The first-order valence-electron chi connectivity index (χ1n) is 10.2. The van der Waals surface area contributed by atoms with Crippen molar-refractivity contribution in [3.63, 3.8) is 0 Å². The Kier molecular flexibility index (Phi) is 4.44. The van der Waals surface area contributed by atoms with Crippen LogP contribution >= 0.6 is 0 Å². The average molecular weight is 401 g/mol. The number of aromatic nitrogens is 1. The fourth-order valence-electron chi connectivity index (χ4n) is 4.76. The number of hydrogen-bond donors (Lipinski definition) is 2. The van der Waals surface area contributed by atoms with Gasteiger partial charge in [0.2, 0.25) is 0 Å². The highest BCUT2D eigenvalue weighted by Gasteiger charge is 2.37. The molecule has 0 radical (unpaired) electrons. The van der Waals surface area contributed by atoms with Gasteiger partial charge in [0, 0.05) is 17.5 Å². The molecule has 1 aliphatic carbocycles. The number of nitrogens with one attached hydrogen (secondary N) is 1. The highest BCUT2D eigenvalue weighted by Crippen LogP contribution is 2.41. The van der Waals surface area contributed by atoms with Gasteiger partial charge in [-0.15, -0.1) is 0 Å². The molecule has 3 aromatic rings. The lowest BCUT2D eigenvalue weighted by atomic mass is 9.83. The summed E-state index contributed by atoms with van der Waals surface area (Å²) < 4.78 is 7.40. The van der Waals surface area contributed by atoms with Crippen molar-refractivity contribution in [3.8, 4) is 5.75 Å². The maximum Gasteiger partial charge on any atom is 0.259 e. The number of amides is 2. The Morgan fingerprint density at radius 2 is 1.87 bits per heavy atom. The normalized spacial score (nSPS) is 18.7. The predicted octanol–water partition coefficient (Wildman–Crippen LogP) is 2.58. The van der Waals surface area contributed by atoms with E-state index in [9.17, 15) is 9.59 Å². The lowest BCUT2D eigenvalue weighted by Crippen LogP contribution is -2.24. The third-order valence-corrected chi connectivity index (χ3v) is 6.23. The second-order valence-electron chi connectivity index (χ2n) is 7.86. The molecule has 0 spiro atoms.